The lowest BCUT2D eigenvalue weighted by molar-refractivity contribution is -0.116. The summed E-state index contributed by atoms with van der Waals surface area (Å²) in [6.07, 6.45) is 0.0666. The molecule has 0 saturated carbocycles. The molecule has 0 radical (unpaired) electrons. The van der Waals surface area contributed by atoms with Gasteiger partial charge in [-0.2, -0.15) is 0 Å². The first-order valence-corrected chi connectivity index (χ1v) is 9.67. The lowest BCUT2D eigenvalue weighted by Gasteiger charge is -2.04. The average Bonchev–Trinajstić information content (AvgIpc) is 3.26. The molecule has 4 rings (SSSR count). The van der Waals surface area contributed by atoms with Gasteiger partial charge in [-0.3, -0.25) is 13.9 Å². The Kier molecular flexibility index (Phi) is 4.98. The van der Waals surface area contributed by atoms with Gasteiger partial charge in [0.1, 0.15) is 11.6 Å². The van der Waals surface area contributed by atoms with Crippen molar-refractivity contribution in [1.82, 2.24) is 14.1 Å². The van der Waals surface area contributed by atoms with E-state index in [4.69, 9.17) is 0 Å². The molecule has 0 aliphatic heterocycles. The molecule has 1 amide bonds. The van der Waals surface area contributed by atoms with Crippen molar-refractivity contribution >= 4 is 33.4 Å². The van der Waals surface area contributed by atoms with Crippen LogP contribution >= 0.6 is 11.3 Å². The number of aryl methyl sites for hydroxylation is 2. The first-order chi connectivity index (χ1) is 13.9. The molecule has 0 fully saturated rings. The average molecular weight is 414 g/mol. The minimum absolute atomic E-state index is 0.0315. The van der Waals surface area contributed by atoms with Crippen molar-refractivity contribution in [2.75, 3.05) is 5.32 Å². The molecule has 2 aromatic carbocycles. The summed E-state index contributed by atoms with van der Waals surface area (Å²) < 4.78 is 30.3. The van der Waals surface area contributed by atoms with Crippen LogP contribution in [0.3, 0.4) is 0 Å². The van der Waals surface area contributed by atoms with Gasteiger partial charge >= 0.3 is 5.69 Å². The highest BCUT2D eigenvalue weighted by Gasteiger charge is 2.14. The van der Waals surface area contributed by atoms with Crippen molar-refractivity contribution in [1.29, 1.82) is 0 Å². The van der Waals surface area contributed by atoms with E-state index in [1.54, 1.807) is 17.0 Å². The molecule has 29 heavy (non-hydrogen) atoms. The number of hydrogen-bond donors (Lipinski definition) is 1. The molecule has 0 unspecified atom stereocenters. The van der Waals surface area contributed by atoms with Crippen molar-refractivity contribution in [3.63, 3.8) is 0 Å². The Labute approximate surface area is 168 Å². The first-order valence-electron chi connectivity index (χ1n) is 8.79. The summed E-state index contributed by atoms with van der Waals surface area (Å²) in [5.41, 5.74) is 1.62. The molecule has 0 aliphatic rings. The van der Waals surface area contributed by atoms with Gasteiger partial charge in [-0.25, -0.2) is 18.6 Å². The van der Waals surface area contributed by atoms with Gasteiger partial charge in [0.25, 0.3) is 0 Å². The number of para-hydroxylation sites is 2. The van der Waals surface area contributed by atoms with Gasteiger partial charge in [0.15, 0.2) is 5.13 Å². The van der Waals surface area contributed by atoms with E-state index in [0.29, 0.717) is 0 Å². The zero-order valence-corrected chi connectivity index (χ0v) is 16.2. The summed E-state index contributed by atoms with van der Waals surface area (Å²) in [7, 11) is 1.68. The molecule has 6 nitrogen and oxygen atoms in total. The molecular weight excluding hydrogens is 398 g/mol. The highest BCUT2D eigenvalue weighted by molar-refractivity contribution is 7.14. The van der Waals surface area contributed by atoms with Crippen molar-refractivity contribution in [3.05, 3.63) is 70.0 Å². The van der Waals surface area contributed by atoms with Crippen LogP contribution in [0.25, 0.3) is 22.3 Å². The van der Waals surface area contributed by atoms with Crippen molar-refractivity contribution in [3.8, 4) is 11.3 Å². The number of imidazole rings is 1. The summed E-state index contributed by atoms with van der Waals surface area (Å²) in [5, 5.41) is 4.46. The number of amides is 1. The largest absolute Gasteiger partial charge is 0.328 e. The highest BCUT2D eigenvalue weighted by Crippen LogP contribution is 2.27. The fourth-order valence-electron chi connectivity index (χ4n) is 3.12. The van der Waals surface area contributed by atoms with Crippen LogP contribution < -0.4 is 11.0 Å². The van der Waals surface area contributed by atoms with Crippen LogP contribution in [-0.4, -0.2) is 20.0 Å². The second-order valence-corrected chi connectivity index (χ2v) is 7.30. The van der Waals surface area contributed by atoms with Crippen LogP contribution in [-0.2, 0) is 18.4 Å². The summed E-state index contributed by atoms with van der Waals surface area (Å²) in [4.78, 5) is 28.9. The van der Waals surface area contributed by atoms with Crippen molar-refractivity contribution in [2.45, 2.75) is 13.0 Å². The number of nitrogens with one attached hydrogen (secondary N) is 1. The Hall–Kier alpha value is -3.33. The minimum atomic E-state index is -0.593. The minimum Gasteiger partial charge on any atom is -0.302 e. The summed E-state index contributed by atoms with van der Waals surface area (Å²) in [5.74, 6) is -1.49. The van der Waals surface area contributed by atoms with Gasteiger partial charge < -0.3 is 5.32 Å². The fourth-order valence-corrected chi connectivity index (χ4v) is 3.85. The van der Waals surface area contributed by atoms with Crippen LogP contribution in [0.5, 0.6) is 0 Å². The fraction of sp³-hybridized carbons (Fsp3) is 0.150. The third-order valence-electron chi connectivity index (χ3n) is 4.57. The monoisotopic (exact) mass is 414 g/mol. The van der Waals surface area contributed by atoms with E-state index in [1.807, 2.05) is 24.3 Å². The van der Waals surface area contributed by atoms with Gasteiger partial charge in [-0.05, 0) is 30.3 Å². The van der Waals surface area contributed by atoms with Gasteiger partial charge in [-0.1, -0.05) is 12.1 Å². The topological polar surface area (TPSA) is 68.9 Å². The predicted molar refractivity (Wildman–Crippen MR) is 108 cm³/mol. The number of aromatic nitrogens is 3. The van der Waals surface area contributed by atoms with Crippen LogP contribution in [0.1, 0.15) is 6.42 Å². The molecule has 9 heteroatoms. The van der Waals surface area contributed by atoms with E-state index in [0.717, 1.165) is 40.6 Å². The number of rotatable bonds is 5. The third kappa shape index (κ3) is 3.68. The van der Waals surface area contributed by atoms with E-state index < -0.39 is 11.6 Å². The lowest BCUT2D eigenvalue weighted by Crippen LogP contribution is -2.24. The molecule has 0 bridgehead atoms. The van der Waals surface area contributed by atoms with E-state index in [9.17, 15) is 18.4 Å². The smallest absolute Gasteiger partial charge is 0.302 e. The number of nitrogens with zero attached hydrogens (tertiary/aromatic N) is 3. The number of carbonyl (C=O) groups excluding carboxylic acids is 1. The maximum Gasteiger partial charge on any atom is 0.328 e. The molecular formula is C20H16F2N4O2S. The van der Waals surface area contributed by atoms with Crippen molar-refractivity contribution < 1.29 is 13.6 Å². The van der Waals surface area contributed by atoms with Gasteiger partial charge in [0.2, 0.25) is 5.91 Å². The van der Waals surface area contributed by atoms with Crippen molar-refractivity contribution in [2.24, 2.45) is 7.05 Å². The standard InChI is InChI=1S/C20H16F2N4O2S/c1-25-16-4-2-3-5-17(16)26(20(25)28)9-8-18(27)24-19-23-15(11-29-19)13-10-12(21)6-7-14(13)22/h2-7,10-11H,8-9H2,1H3,(H,23,24,27). The predicted octanol–water partition coefficient (Wildman–Crippen LogP) is 3.77. The van der Waals surface area contributed by atoms with E-state index in [1.165, 1.54) is 4.57 Å². The zero-order chi connectivity index (χ0) is 20.5. The van der Waals surface area contributed by atoms with Crippen LogP contribution in [0.15, 0.2) is 52.6 Å². The number of carbonyl (C=O) groups is 1. The molecule has 4 aromatic rings. The highest BCUT2D eigenvalue weighted by atomic mass is 32.1. The van der Waals surface area contributed by atoms with Gasteiger partial charge in [0.05, 0.1) is 16.7 Å². The number of fused-ring (bicyclic) bond motifs is 1. The lowest BCUT2D eigenvalue weighted by atomic mass is 10.1. The maximum atomic E-state index is 13.9. The molecule has 2 heterocycles. The summed E-state index contributed by atoms with van der Waals surface area (Å²) in [6, 6.07) is 10.5. The van der Waals surface area contributed by atoms with Crippen LogP contribution in [0.2, 0.25) is 0 Å². The quantitative estimate of drug-likeness (QED) is 0.541. The molecule has 2 aromatic heterocycles. The van der Waals surface area contributed by atoms with Gasteiger partial charge in [0, 0.05) is 31.0 Å². The molecule has 1 N–H and O–H groups in total. The number of halogens is 2. The molecule has 0 saturated heterocycles. The third-order valence-corrected chi connectivity index (χ3v) is 5.33. The number of thiazole rings is 1. The second kappa shape index (κ2) is 7.59. The number of benzene rings is 2. The maximum absolute atomic E-state index is 13.9. The molecule has 0 atom stereocenters. The molecule has 148 valence electrons. The Morgan fingerprint density at radius 1 is 1.17 bits per heavy atom. The van der Waals surface area contributed by atoms with E-state index in [2.05, 4.69) is 10.3 Å². The normalized spacial score (nSPS) is 11.1. The Morgan fingerprint density at radius 3 is 2.72 bits per heavy atom. The number of anilines is 1. The molecule has 0 spiro atoms. The van der Waals surface area contributed by atoms with Crippen LogP contribution in [0, 0.1) is 11.6 Å². The zero-order valence-electron chi connectivity index (χ0n) is 15.4. The van der Waals surface area contributed by atoms with Crippen LogP contribution in [0.4, 0.5) is 13.9 Å². The summed E-state index contributed by atoms with van der Waals surface area (Å²) in [6.45, 7) is 0.211. The Morgan fingerprint density at radius 2 is 1.93 bits per heavy atom. The second-order valence-electron chi connectivity index (χ2n) is 6.44. The van der Waals surface area contributed by atoms with E-state index in [-0.39, 0.29) is 41.0 Å². The van der Waals surface area contributed by atoms with E-state index >= 15 is 0 Å². The van der Waals surface area contributed by atoms with Gasteiger partial charge in [-0.15, -0.1) is 11.3 Å². The SMILES string of the molecule is Cn1c(=O)n(CCC(=O)Nc2nc(-c3cc(F)ccc3F)cs2)c2ccccc21. The first kappa shape index (κ1) is 19.0. The number of hydrogen-bond acceptors (Lipinski definition) is 4. The molecule has 0 aliphatic carbocycles. The Bertz CT molecular complexity index is 1280. The summed E-state index contributed by atoms with van der Waals surface area (Å²) >= 11 is 1.11. The Balaban J connectivity index is 1.46.